The van der Waals surface area contributed by atoms with Crippen LogP contribution in [-0.4, -0.2) is 11.5 Å². The number of para-hydroxylation sites is 2. The first kappa shape index (κ1) is 13.8. The predicted molar refractivity (Wildman–Crippen MR) is 73.9 cm³/mol. The smallest absolute Gasteiger partial charge is 0.274 e. The number of hydrogen-bond acceptors (Lipinski definition) is 4. The number of anilines is 2. The van der Waals surface area contributed by atoms with Crippen molar-refractivity contribution in [2.45, 2.75) is 6.92 Å². The molecule has 0 aliphatic heterocycles. The van der Waals surface area contributed by atoms with Crippen LogP contribution in [0.3, 0.4) is 0 Å². The molecule has 0 unspecified atom stereocenters. The minimum absolute atomic E-state index is 0.295. The van der Waals surface area contributed by atoms with Gasteiger partial charge in [0.25, 0.3) is 5.69 Å². The summed E-state index contributed by atoms with van der Waals surface area (Å²) in [5, 5.41) is 13.6. The highest BCUT2D eigenvalue weighted by molar-refractivity contribution is 5.67. The van der Waals surface area contributed by atoms with E-state index in [1.54, 1.807) is 18.2 Å². The minimum atomic E-state index is -0.671. The van der Waals surface area contributed by atoms with Crippen LogP contribution in [0.4, 0.5) is 21.5 Å². The molecule has 0 radical (unpaired) electrons. The Morgan fingerprint density at radius 3 is 2.75 bits per heavy atom. The Morgan fingerprint density at radius 2 is 2.05 bits per heavy atom. The second kappa shape index (κ2) is 6.01. The molecule has 0 saturated carbocycles. The quantitative estimate of drug-likeness (QED) is 0.665. The SMILES string of the molecule is CCOc1ccccc1Nc1cc(F)cc([N+](=O)[O-])c1. The van der Waals surface area contributed by atoms with Crippen molar-refractivity contribution in [3.8, 4) is 5.75 Å². The fourth-order valence-corrected chi connectivity index (χ4v) is 1.76. The number of benzene rings is 2. The van der Waals surface area contributed by atoms with E-state index in [9.17, 15) is 14.5 Å². The minimum Gasteiger partial charge on any atom is -0.492 e. The van der Waals surface area contributed by atoms with E-state index in [1.807, 2.05) is 13.0 Å². The average molecular weight is 276 g/mol. The van der Waals surface area contributed by atoms with Crippen LogP contribution in [0.2, 0.25) is 0 Å². The fourth-order valence-electron chi connectivity index (χ4n) is 1.76. The molecule has 0 aliphatic rings. The molecule has 0 saturated heterocycles. The van der Waals surface area contributed by atoms with E-state index in [0.717, 1.165) is 6.07 Å². The van der Waals surface area contributed by atoms with Gasteiger partial charge in [0.05, 0.1) is 23.3 Å². The third kappa shape index (κ3) is 3.23. The van der Waals surface area contributed by atoms with Gasteiger partial charge in [-0.25, -0.2) is 4.39 Å². The molecular formula is C14H13FN2O3. The van der Waals surface area contributed by atoms with E-state index in [1.165, 1.54) is 12.1 Å². The molecule has 0 spiro atoms. The number of nitrogens with zero attached hydrogens (tertiary/aromatic N) is 1. The molecule has 20 heavy (non-hydrogen) atoms. The van der Waals surface area contributed by atoms with Gasteiger partial charge in [-0.15, -0.1) is 0 Å². The van der Waals surface area contributed by atoms with Gasteiger partial charge in [0, 0.05) is 11.8 Å². The molecular weight excluding hydrogens is 263 g/mol. The second-order valence-corrected chi connectivity index (χ2v) is 4.01. The van der Waals surface area contributed by atoms with Crippen molar-refractivity contribution in [1.82, 2.24) is 0 Å². The lowest BCUT2D eigenvalue weighted by atomic mass is 10.2. The largest absolute Gasteiger partial charge is 0.492 e. The average Bonchev–Trinajstić information content (AvgIpc) is 2.40. The van der Waals surface area contributed by atoms with Crippen molar-refractivity contribution >= 4 is 17.1 Å². The summed E-state index contributed by atoms with van der Waals surface area (Å²) in [6, 6.07) is 10.4. The predicted octanol–water partition coefficient (Wildman–Crippen LogP) is 3.88. The summed E-state index contributed by atoms with van der Waals surface area (Å²) in [6.45, 7) is 2.34. The fraction of sp³-hybridized carbons (Fsp3) is 0.143. The van der Waals surface area contributed by atoms with Gasteiger partial charge in [-0.3, -0.25) is 10.1 Å². The number of ether oxygens (including phenoxy) is 1. The van der Waals surface area contributed by atoms with Crippen LogP contribution in [0.25, 0.3) is 0 Å². The molecule has 2 aromatic rings. The Kier molecular flexibility index (Phi) is 4.14. The van der Waals surface area contributed by atoms with Crippen molar-refractivity contribution in [1.29, 1.82) is 0 Å². The van der Waals surface area contributed by atoms with Gasteiger partial charge in [-0.05, 0) is 25.1 Å². The summed E-state index contributed by atoms with van der Waals surface area (Å²) < 4.78 is 18.8. The van der Waals surface area contributed by atoms with E-state index < -0.39 is 10.7 Å². The third-order valence-corrected chi connectivity index (χ3v) is 2.56. The second-order valence-electron chi connectivity index (χ2n) is 4.01. The molecule has 0 bridgehead atoms. The van der Waals surface area contributed by atoms with E-state index in [0.29, 0.717) is 23.7 Å². The molecule has 2 aromatic carbocycles. The van der Waals surface area contributed by atoms with Gasteiger partial charge < -0.3 is 10.1 Å². The van der Waals surface area contributed by atoms with Gasteiger partial charge >= 0.3 is 0 Å². The van der Waals surface area contributed by atoms with Crippen LogP contribution in [0.5, 0.6) is 5.75 Å². The first-order valence-electron chi connectivity index (χ1n) is 6.04. The monoisotopic (exact) mass is 276 g/mol. The van der Waals surface area contributed by atoms with E-state index >= 15 is 0 Å². The molecule has 2 rings (SSSR count). The molecule has 5 nitrogen and oxygen atoms in total. The van der Waals surface area contributed by atoms with E-state index in [2.05, 4.69) is 5.32 Å². The molecule has 0 fully saturated rings. The van der Waals surface area contributed by atoms with Gasteiger partial charge in [0.15, 0.2) is 0 Å². The summed E-state index contributed by atoms with van der Waals surface area (Å²) in [7, 11) is 0. The third-order valence-electron chi connectivity index (χ3n) is 2.56. The number of non-ortho nitro benzene ring substituents is 1. The number of rotatable bonds is 5. The summed E-state index contributed by atoms with van der Waals surface area (Å²) >= 11 is 0. The van der Waals surface area contributed by atoms with Crippen molar-refractivity contribution in [2.24, 2.45) is 0 Å². The zero-order valence-electron chi connectivity index (χ0n) is 10.8. The van der Waals surface area contributed by atoms with Crippen LogP contribution in [-0.2, 0) is 0 Å². The van der Waals surface area contributed by atoms with Gasteiger partial charge in [-0.1, -0.05) is 12.1 Å². The Labute approximate surface area is 115 Å². The summed E-state index contributed by atoms with van der Waals surface area (Å²) in [5.41, 5.74) is 0.611. The van der Waals surface area contributed by atoms with Crippen LogP contribution >= 0.6 is 0 Å². The normalized spacial score (nSPS) is 10.1. The maximum Gasteiger partial charge on any atom is 0.274 e. The van der Waals surface area contributed by atoms with Gasteiger partial charge in [0.2, 0.25) is 0 Å². The highest BCUT2D eigenvalue weighted by atomic mass is 19.1. The number of halogens is 1. The summed E-state index contributed by atoms with van der Waals surface area (Å²) in [4.78, 5) is 10.1. The molecule has 0 aromatic heterocycles. The zero-order chi connectivity index (χ0) is 14.5. The molecule has 0 atom stereocenters. The topological polar surface area (TPSA) is 64.4 Å². The van der Waals surface area contributed by atoms with E-state index in [-0.39, 0.29) is 5.69 Å². The lowest BCUT2D eigenvalue weighted by Gasteiger charge is -2.12. The van der Waals surface area contributed by atoms with Crippen LogP contribution in [0, 0.1) is 15.9 Å². The summed E-state index contributed by atoms with van der Waals surface area (Å²) in [6.07, 6.45) is 0. The Morgan fingerprint density at radius 1 is 1.30 bits per heavy atom. The Bertz CT molecular complexity index is 632. The van der Waals surface area contributed by atoms with Crippen LogP contribution in [0.1, 0.15) is 6.92 Å². The molecule has 0 amide bonds. The molecule has 0 heterocycles. The number of nitrogens with one attached hydrogen (secondary N) is 1. The van der Waals surface area contributed by atoms with Gasteiger partial charge in [-0.2, -0.15) is 0 Å². The Hall–Kier alpha value is -2.63. The van der Waals surface area contributed by atoms with Crippen molar-refractivity contribution in [2.75, 3.05) is 11.9 Å². The molecule has 6 heteroatoms. The first-order chi connectivity index (χ1) is 9.60. The van der Waals surface area contributed by atoms with Crippen molar-refractivity contribution in [3.63, 3.8) is 0 Å². The molecule has 1 N–H and O–H groups in total. The van der Waals surface area contributed by atoms with Crippen molar-refractivity contribution in [3.05, 3.63) is 58.4 Å². The molecule has 104 valence electrons. The highest BCUT2D eigenvalue weighted by Crippen LogP contribution is 2.29. The van der Waals surface area contributed by atoms with Crippen LogP contribution in [0.15, 0.2) is 42.5 Å². The van der Waals surface area contributed by atoms with Crippen LogP contribution < -0.4 is 10.1 Å². The van der Waals surface area contributed by atoms with E-state index in [4.69, 9.17) is 4.74 Å². The first-order valence-corrected chi connectivity index (χ1v) is 6.04. The van der Waals surface area contributed by atoms with Crippen molar-refractivity contribution < 1.29 is 14.1 Å². The highest BCUT2D eigenvalue weighted by Gasteiger charge is 2.11. The Balaban J connectivity index is 2.32. The van der Waals surface area contributed by atoms with Gasteiger partial charge in [0.1, 0.15) is 11.6 Å². The standard InChI is InChI=1S/C14H13FN2O3/c1-2-20-14-6-4-3-5-13(14)16-11-7-10(15)8-12(9-11)17(18)19/h3-9,16H,2H2,1H3. The number of nitro groups is 1. The zero-order valence-corrected chi connectivity index (χ0v) is 10.8. The lowest BCUT2D eigenvalue weighted by molar-refractivity contribution is -0.385. The molecule has 0 aliphatic carbocycles. The lowest BCUT2D eigenvalue weighted by Crippen LogP contribution is -1.99. The number of hydrogen-bond donors (Lipinski definition) is 1. The number of nitro benzene ring substituents is 1. The maximum atomic E-state index is 13.4. The summed E-state index contributed by atoms with van der Waals surface area (Å²) in [5.74, 6) is -0.0718. The maximum absolute atomic E-state index is 13.4.